The van der Waals surface area contributed by atoms with Crippen molar-refractivity contribution in [2.45, 2.75) is 6.92 Å². The molecule has 0 spiro atoms. The van der Waals surface area contributed by atoms with E-state index in [1.165, 1.54) is 6.92 Å². The summed E-state index contributed by atoms with van der Waals surface area (Å²) in [6.45, 7) is 1.29. The number of rotatable bonds is 3. The number of nitrogens with zero attached hydrogens (tertiary/aromatic N) is 2. The molecule has 0 unspecified atom stereocenters. The van der Waals surface area contributed by atoms with Crippen LogP contribution in [0.1, 0.15) is 27.2 Å². The molecule has 138 valence electrons. The molecule has 1 heterocycles. The Bertz CT molecular complexity index is 1120. The Hall–Kier alpha value is -4.05. The van der Waals surface area contributed by atoms with Gasteiger partial charge in [0, 0.05) is 29.1 Å². The average molecular weight is 375 g/mol. The molecular weight excluding hydrogens is 361 g/mol. The van der Waals surface area contributed by atoms with E-state index in [0.717, 1.165) is 12.1 Å². The predicted molar refractivity (Wildman–Crippen MR) is 102 cm³/mol. The predicted octanol–water partition coefficient (Wildman–Crippen LogP) is 4.09. The highest BCUT2D eigenvalue weighted by Crippen LogP contribution is 2.23. The molecule has 7 heteroatoms. The molecule has 2 aromatic carbocycles. The zero-order valence-corrected chi connectivity index (χ0v) is 14.8. The second kappa shape index (κ2) is 8.10. The summed E-state index contributed by atoms with van der Waals surface area (Å²) in [5, 5.41) is 13.6. The fourth-order valence-corrected chi connectivity index (χ4v) is 2.44. The van der Waals surface area contributed by atoms with E-state index in [2.05, 4.69) is 22.1 Å². The summed E-state index contributed by atoms with van der Waals surface area (Å²) in [7, 11) is 0. The summed E-state index contributed by atoms with van der Waals surface area (Å²) >= 11 is 0. The van der Waals surface area contributed by atoms with E-state index in [1.807, 2.05) is 6.07 Å². The minimum Gasteiger partial charge on any atom is -0.322 e. The lowest BCUT2D eigenvalue weighted by atomic mass is 10.1. The quantitative estimate of drug-likeness (QED) is 0.424. The summed E-state index contributed by atoms with van der Waals surface area (Å²) < 4.78 is 13.9. The third-order valence-corrected chi connectivity index (χ3v) is 3.90. The van der Waals surface area contributed by atoms with E-state index < -0.39 is 22.3 Å². The van der Waals surface area contributed by atoms with Crippen molar-refractivity contribution in [1.82, 2.24) is 4.98 Å². The molecule has 3 rings (SSSR count). The van der Waals surface area contributed by atoms with Gasteiger partial charge in [0.05, 0.1) is 10.5 Å². The van der Waals surface area contributed by atoms with Gasteiger partial charge >= 0.3 is 0 Å². The fourth-order valence-electron chi connectivity index (χ4n) is 2.44. The molecule has 1 aromatic heterocycles. The number of nitro benzene ring substituents is 1. The standard InChI is InChI=1S/C21H14FN3O3/c1-14-19(22)12-16(13-20(14)25(27)28)21(26)24-18-7-4-5-15(11-18)8-9-17-6-2-3-10-23-17/h2-7,10-13H,1H3,(H,24,26). The van der Waals surface area contributed by atoms with Crippen molar-refractivity contribution in [3.63, 3.8) is 0 Å². The number of hydrogen-bond acceptors (Lipinski definition) is 4. The normalized spacial score (nSPS) is 9.93. The van der Waals surface area contributed by atoms with Crippen molar-refractivity contribution < 1.29 is 14.1 Å². The smallest absolute Gasteiger partial charge is 0.276 e. The van der Waals surface area contributed by atoms with E-state index in [1.54, 1.807) is 42.6 Å². The average Bonchev–Trinajstić information content (AvgIpc) is 2.69. The molecule has 3 aromatic rings. The zero-order chi connectivity index (χ0) is 20.1. The number of carbonyl (C=O) groups is 1. The number of benzene rings is 2. The number of nitro groups is 1. The highest BCUT2D eigenvalue weighted by molar-refractivity contribution is 6.04. The molecule has 0 radical (unpaired) electrons. The molecule has 0 bridgehead atoms. The molecule has 0 fully saturated rings. The lowest BCUT2D eigenvalue weighted by molar-refractivity contribution is -0.385. The molecule has 0 aliphatic carbocycles. The molecule has 0 atom stereocenters. The molecule has 1 amide bonds. The number of hydrogen-bond donors (Lipinski definition) is 1. The van der Waals surface area contributed by atoms with Crippen LogP contribution in [-0.4, -0.2) is 15.8 Å². The SMILES string of the molecule is Cc1c(F)cc(C(=O)Nc2cccc(C#Cc3ccccn3)c2)cc1[N+](=O)[O-]. The Morgan fingerprint density at radius 3 is 2.68 bits per heavy atom. The third-order valence-electron chi connectivity index (χ3n) is 3.90. The Morgan fingerprint density at radius 1 is 1.14 bits per heavy atom. The van der Waals surface area contributed by atoms with Crippen LogP contribution in [0.2, 0.25) is 0 Å². The second-order valence-electron chi connectivity index (χ2n) is 5.86. The second-order valence-corrected chi connectivity index (χ2v) is 5.86. The fraction of sp³-hybridized carbons (Fsp3) is 0.0476. The Morgan fingerprint density at radius 2 is 1.96 bits per heavy atom. The van der Waals surface area contributed by atoms with Crippen molar-refractivity contribution in [3.8, 4) is 11.8 Å². The molecule has 0 saturated heterocycles. The first kappa shape index (κ1) is 18.7. The number of amides is 1. The van der Waals surface area contributed by atoms with Crippen LogP contribution >= 0.6 is 0 Å². The van der Waals surface area contributed by atoms with E-state index in [0.29, 0.717) is 16.9 Å². The van der Waals surface area contributed by atoms with Gasteiger partial charge in [-0.25, -0.2) is 9.37 Å². The number of pyridine rings is 1. The largest absolute Gasteiger partial charge is 0.322 e. The first-order valence-electron chi connectivity index (χ1n) is 8.23. The molecule has 28 heavy (non-hydrogen) atoms. The van der Waals surface area contributed by atoms with E-state index in [4.69, 9.17) is 0 Å². The van der Waals surface area contributed by atoms with Crippen LogP contribution < -0.4 is 5.32 Å². The molecule has 0 aliphatic heterocycles. The van der Waals surface area contributed by atoms with Crippen LogP contribution in [0.3, 0.4) is 0 Å². The van der Waals surface area contributed by atoms with Gasteiger partial charge in [0.1, 0.15) is 11.5 Å². The Labute approximate surface area is 160 Å². The van der Waals surface area contributed by atoms with E-state index >= 15 is 0 Å². The first-order valence-corrected chi connectivity index (χ1v) is 8.23. The lowest BCUT2D eigenvalue weighted by Crippen LogP contribution is -2.13. The highest BCUT2D eigenvalue weighted by atomic mass is 19.1. The third kappa shape index (κ3) is 4.37. The van der Waals surface area contributed by atoms with Crippen LogP contribution in [0.4, 0.5) is 15.8 Å². The molecular formula is C21H14FN3O3. The van der Waals surface area contributed by atoms with Crippen molar-refractivity contribution in [3.05, 3.63) is 99.1 Å². The van der Waals surface area contributed by atoms with Crippen molar-refractivity contribution in [2.24, 2.45) is 0 Å². The summed E-state index contributed by atoms with van der Waals surface area (Å²) in [4.78, 5) is 26.8. The summed E-state index contributed by atoms with van der Waals surface area (Å²) in [5.74, 6) is 4.38. The van der Waals surface area contributed by atoms with Gasteiger partial charge in [-0.1, -0.05) is 18.1 Å². The monoisotopic (exact) mass is 375 g/mol. The van der Waals surface area contributed by atoms with Crippen LogP contribution in [-0.2, 0) is 0 Å². The first-order chi connectivity index (χ1) is 13.4. The summed E-state index contributed by atoms with van der Waals surface area (Å²) in [6, 6.07) is 14.2. The van der Waals surface area contributed by atoms with E-state index in [9.17, 15) is 19.3 Å². The van der Waals surface area contributed by atoms with Crippen molar-refractivity contribution in [2.75, 3.05) is 5.32 Å². The Kier molecular flexibility index (Phi) is 5.42. The van der Waals surface area contributed by atoms with Crippen LogP contribution in [0.5, 0.6) is 0 Å². The number of carbonyl (C=O) groups excluding carboxylic acids is 1. The van der Waals surface area contributed by atoms with Crippen LogP contribution in [0.25, 0.3) is 0 Å². The van der Waals surface area contributed by atoms with Gasteiger partial charge in [0.15, 0.2) is 0 Å². The van der Waals surface area contributed by atoms with Gasteiger partial charge in [-0.05, 0) is 49.2 Å². The van der Waals surface area contributed by atoms with Crippen LogP contribution in [0, 0.1) is 34.7 Å². The molecule has 0 aliphatic rings. The van der Waals surface area contributed by atoms with Crippen molar-refractivity contribution >= 4 is 17.3 Å². The zero-order valence-electron chi connectivity index (χ0n) is 14.8. The summed E-state index contributed by atoms with van der Waals surface area (Å²) in [5.41, 5.74) is 0.985. The highest BCUT2D eigenvalue weighted by Gasteiger charge is 2.19. The maximum Gasteiger partial charge on any atom is 0.276 e. The van der Waals surface area contributed by atoms with E-state index in [-0.39, 0.29) is 11.1 Å². The number of aromatic nitrogens is 1. The number of halogens is 1. The molecule has 1 N–H and O–H groups in total. The van der Waals surface area contributed by atoms with Gasteiger partial charge in [0.2, 0.25) is 0 Å². The van der Waals surface area contributed by atoms with Gasteiger partial charge < -0.3 is 5.32 Å². The topological polar surface area (TPSA) is 85.1 Å². The van der Waals surface area contributed by atoms with Gasteiger partial charge in [0.25, 0.3) is 11.6 Å². The number of nitrogens with one attached hydrogen (secondary N) is 1. The minimum absolute atomic E-state index is 0.117. The Balaban J connectivity index is 1.82. The maximum absolute atomic E-state index is 13.9. The number of anilines is 1. The van der Waals surface area contributed by atoms with Crippen LogP contribution in [0.15, 0.2) is 60.8 Å². The van der Waals surface area contributed by atoms with Gasteiger partial charge in [-0.3, -0.25) is 14.9 Å². The van der Waals surface area contributed by atoms with Gasteiger partial charge in [-0.15, -0.1) is 0 Å². The summed E-state index contributed by atoms with van der Waals surface area (Å²) in [6.07, 6.45) is 1.64. The minimum atomic E-state index is -0.811. The maximum atomic E-state index is 13.9. The molecule has 6 nitrogen and oxygen atoms in total. The van der Waals surface area contributed by atoms with Crippen molar-refractivity contribution in [1.29, 1.82) is 0 Å². The van der Waals surface area contributed by atoms with Gasteiger partial charge in [-0.2, -0.15) is 0 Å². The lowest BCUT2D eigenvalue weighted by Gasteiger charge is -2.07. The molecule has 0 saturated carbocycles.